The van der Waals surface area contributed by atoms with Gasteiger partial charge < -0.3 is 19.7 Å². The number of hydrogen-bond acceptors (Lipinski definition) is 8. The number of nitrogens with one attached hydrogen (secondary N) is 1. The van der Waals surface area contributed by atoms with Gasteiger partial charge >= 0.3 is 17.6 Å². The molecule has 11 nitrogen and oxygen atoms in total. The highest BCUT2D eigenvalue weighted by atomic mass is 35.5. The number of rotatable bonds is 10. The summed E-state index contributed by atoms with van der Waals surface area (Å²) in [5.74, 6) is -2.39. The normalized spacial score (nSPS) is 11.5. The number of carbonyl (C=O) groups is 3. The Morgan fingerprint density at radius 1 is 0.978 bits per heavy atom. The predicted molar refractivity (Wildman–Crippen MR) is 172 cm³/mol. The summed E-state index contributed by atoms with van der Waals surface area (Å²) >= 11 is 12.4. The number of aromatic nitrogens is 2. The van der Waals surface area contributed by atoms with Gasteiger partial charge in [-0.25, -0.2) is 19.0 Å². The maximum atomic E-state index is 13.5. The van der Waals surface area contributed by atoms with Crippen LogP contribution < -0.4 is 21.5 Å². The number of nitrogens with zero attached hydrogens (tertiary/aromatic N) is 3. The van der Waals surface area contributed by atoms with E-state index in [0.29, 0.717) is 22.2 Å². The number of aryl methyl sites for hydroxylation is 1. The second-order valence-electron chi connectivity index (χ2n) is 10.4. The summed E-state index contributed by atoms with van der Waals surface area (Å²) in [6, 6.07) is 14.9. The monoisotopic (exact) mass is 652 g/mol. The lowest BCUT2D eigenvalue weighted by Crippen LogP contribution is -2.44. The summed E-state index contributed by atoms with van der Waals surface area (Å²) < 4.78 is 12.4. The maximum absolute atomic E-state index is 13.5. The quantitative estimate of drug-likeness (QED) is 0.155. The van der Waals surface area contributed by atoms with Gasteiger partial charge in [-0.2, -0.15) is 0 Å². The fourth-order valence-electron chi connectivity index (χ4n) is 4.47. The van der Waals surface area contributed by atoms with E-state index in [0.717, 1.165) is 10.3 Å². The van der Waals surface area contributed by atoms with Crippen molar-refractivity contribution >= 4 is 57.6 Å². The van der Waals surface area contributed by atoms with Crippen molar-refractivity contribution in [2.75, 3.05) is 25.8 Å². The molecule has 0 saturated carbocycles. The van der Waals surface area contributed by atoms with E-state index in [2.05, 4.69) is 11.9 Å². The van der Waals surface area contributed by atoms with Crippen molar-refractivity contribution < 1.29 is 23.9 Å². The van der Waals surface area contributed by atoms with Gasteiger partial charge in [0, 0.05) is 38.8 Å². The van der Waals surface area contributed by atoms with E-state index >= 15 is 0 Å². The Morgan fingerprint density at radius 2 is 1.62 bits per heavy atom. The van der Waals surface area contributed by atoms with Crippen molar-refractivity contribution in [2.24, 2.45) is 7.05 Å². The molecule has 0 aliphatic heterocycles. The molecule has 0 aliphatic rings. The highest BCUT2D eigenvalue weighted by molar-refractivity contribution is 6.39. The molecular formula is C32H30Cl2N4O7. The molecule has 1 N–H and O–H groups in total. The van der Waals surface area contributed by atoms with Gasteiger partial charge in [0.2, 0.25) is 6.79 Å². The first-order valence-corrected chi connectivity index (χ1v) is 14.3. The molecule has 3 aromatic carbocycles. The molecule has 0 fully saturated rings. The molecule has 234 valence electrons. The minimum atomic E-state index is -1.26. The Hall–Kier alpha value is -4.87. The SMILES string of the molecule is C=C(C)C(=O)OCOC(=O)[C@H](Cc1ccc(-n2c(=O)c3cc(N(C)C)ccc3n(C)c2=O)cc1)NC(=O)c1c(Cl)cccc1Cl. The topological polar surface area (TPSA) is 129 Å². The zero-order valence-corrected chi connectivity index (χ0v) is 26.4. The first kappa shape index (κ1) is 33.0. The number of carbonyl (C=O) groups excluding carboxylic acids is 3. The highest BCUT2D eigenvalue weighted by Gasteiger charge is 2.26. The van der Waals surface area contributed by atoms with E-state index in [-0.39, 0.29) is 27.6 Å². The number of hydrogen-bond donors (Lipinski definition) is 1. The summed E-state index contributed by atoms with van der Waals surface area (Å²) in [5, 5.41) is 3.09. The number of amides is 1. The van der Waals surface area contributed by atoms with Crippen LogP contribution in [-0.4, -0.2) is 53.9 Å². The second-order valence-corrected chi connectivity index (χ2v) is 11.2. The zero-order valence-electron chi connectivity index (χ0n) is 24.9. The summed E-state index contributed by atoms with van der Waals surface area (Å²) in [7, 11) is 5.29. The first-order chi connectivity index (χ1) is 21.3. The molecule has 0 bridgehead atoms. The molecule has 45 heavy (non-hydrogen) atoms. The van der Waals surface area contributed by atoms with Gasteiger partial charge in [-0.3, -0.25) is 14.2 Å². The molecule has 4 aromatic rings. The molecule has 0 saturated heterocycles. The van der Waals surface area contributed by atoms with Gasteiger partial charge in [0.15, 0.2) is 0 Å². The zero-order chi connectivity index (χ0) is 33.0. The van der Waals surface area contributed by atoms with E-state index < -0.39 is 41.9 Å². The molecule has 13 heteroatoms. The lowest BCUT2D eigenvalue weighted by atomic mass is 10.0. The standard InChI is InChI=1S/C32H30Cl2N4O7/c1-18(2)30(41)44-17-45-31(42)25(35-28(39)27-23(33)7-6-8-24(27)34)15-19-9-11-20(12-10-19)38-29(40)22-16-21(36(3)4)13-14-26(22)37(5)32(38)43/h6-14,16,25H,1,15,17H2,2-5H3,(H,35,39)/t25-/m0/s1. The Kier molecular flexibility index (Phi) is 10.2. The number of anilines is 1. The third-order valence-corrected chi connectivity index (χ3v) is 7.55. The number of fused-ring (bicyclic) bond motifs is 1. The van der Waals surface area contributed by atoms with Crippen LogP contribution in [0.1, 0.15) is 22.8 Å². The van der Waals surface area contributed by atoms with Crippen molar-refractivity contribution in [3.05, 3.63) is 115 Å². The summed E-state index contributed by atoms with van der Waals surface area (Å²) in [6.45, 7) is 4.20. The number of esters is 2. The number of ether oxygens (including phenoxy) is 2. The van der Waals surface area contributed by atoms with Gasteiger partial charge in [-0.1, -0.05) is 48.0 Å². The molecular weight excluding hydrogens is 623 g/mol. The van der Waals surface area contributed by atoms with E-state index in [1.165, 1.54) is 23.6 Å². The van der Waals surface area contributed by atoms with E-state index in [4.69, 9.17) is 32.7 Å². The summed E-state index contributed by atoms with van der Waals surface area (Å²) in [4.78, 5) is 66.4. The van der Waals surface area contributed by atoms with Crippen molar-refractivity contribution in [3.8, 4) is 5.69 Å². The van der Waals surface area contributed by atoms with E-state index in [1.807, 2.05) is 25.1 Å². The summed E-state index contributed by atoms with van der Waals surface area (Å²) in [6.07, 6.45) is -0.0712. The van der Waals surface area contributed by atoms with Crippen LogP contribution in [0.15, 0.2) is 82.4 Å². The number of benzene rings is 3. The minimum Gasteiger partial charge on any atom is -0.426 e. The smallest absolute Gasteiger partial charge is 0.335 e. The van der Waals surface area contributed by atoms with Crippen LogP contribution in [0.4, 0.5) is 5.69 Å². The van der Waals surface area contributed by atoms with Crippen LogP contribution in [0.25, 0.3) is 16.6 Å². The largest absolute Gasteiger partial charge is 0.426 e. The molecule has 1 aromatic heterocycles. The lowest BCUT2D eigenvalue weighted by Gasteiger charge is -2.19. The maximum Gasteiger partial charge on any atom is 0.335 e. The van der Waals surface area contributed by atoms with Crippen LogP contribution >= 0.6 is 23.2 Å². The van der Waals surface area contributed by atoms with Gasteiger partial charge in [0.25, 0.3) is 11.5 Å². The van der Waals surface area contributed by atoms with Crippen LogP contribution in [0.5, 0.6) is 0 Å². The molecule has 0 unspecified atom stereocenters. The third kappa shape index (κ3) is 7.27. The average molecular weight is 654 g/mol. The lowest BCUT2D eigenvalue weighted by molar-refractivity contribution is -0.166. The molecule has 1 amide bonds. The average Bonchev–Trinajstić information content (AvgIpc) is 2.99. The van der Waals surface area contributed by atoms with Crippen LogP contribution in [0.2, 0.25) is 10.0 Å². The van der Waals surface area contributed by atoms with Gasteiger partial charge in [-0.15, -0.1) is 0 Å². The van der Waals surface area contributed by atoms with Crippen LogP contribution in [-0.2, 0) is 32.5 Å². The fourth-order valence-corrected chi connectivity index (χ4v) is 5.04. The third-order valence-electron chi connectivity index (χ3n) is 6.92. The van der Waals surface area contributed by atoms with Gasteiger partial charge in [0.1, 0.15) is 6.04 Å². The van der Waals surface area contributed by atoms with Crippen molar-refractivity contribution in [2.45, 2.75) is 19.4 Å². The Balaban J connectivity index is 1.64. The van der Waals surface area contributed by atoms with Crippen LogP contribution in [0, 0.1) is 0 Å². The molecule has 0 spiro atoms. The van der Waals surface area contributed by atoms with E-state index in [9.17, 15) is 24.0 Å². The molecule has 4 rings (SSSR count). The second kappa shape index (κ2) is 13.8. The highest BCUT2D eigenvalue weighted by Crippen LogP contribution is 2.24. The van der Waals surface area contributed by atoms with Gasteiger partial charge in [-0.05, 0) is 55.0 Å². The van der Waals surface area contributed by atoms with E-state index in [1.54, 1.807) is 49.5 Å². The molecule has 0 aliphatic carbocycles. The molecule has 1 atom stereocenters. The van der Waals surface area contributed by atoms with Crippen molar-refractivity contribution in [1.29, 1.82) is 0 Å². The Labute approximate surface area is 268 Å². The van der Waals surface area contributed by atoms with Crippen LogP contribution in [0.3, 0.4) is 0 Å². The minimum absolute atomic E-state index is 0.0355. The molecule has 1 heterocycles. The Morgan fingerprint density at radius 3 is 2.22 bits per heavy atom. The van der Waals surface area contributed by atoms with Crippen molar-refractivity contribution in [3.63, 3.8) is 0 Å². The number of halogens is 2. The fraction of sp³-hybridized carbons (Fsp3) is 0.219. The first-order valence-electron chi connectivity index (χ1n) is 13.6. The summed E-state index contributed by atoms with van der Waals surface area (Å²) in [5.41, 5.74) is 1.20. The van der Waals surface area contributed by atoms with Gasteiger partial charge in [0.05, 0.1) is 32.2 Å². The van der Waals surface area contributed by atoms with Crippen molar-refractivity contribution in [1.82, 2.24) is 14.5 Å². The predicted octanol–water partition coefficient (Wildman–Crippen LogP) is 4.02. The Bertz CT molecular complexity index is 1910. The molecule has 0 radical (unpaired) electrons.